The molecule has 96 valence electrons. The quantitative estimate of drug-likeness (QED) is 0.772. The van der Waals surface area contributed by atoms with E-state index in [1.807, 2.05) is 13.1 Å². The van der Waals surface area contributed by atoms with Gasteiger partial charge in [0.2, 0.25) is 0 Å². The van der Waals surface area contributed by atoms with Gasteiger partial charge in [0.15, 0.2) is 0 Å². The van der Waals surface area contributed by atoms with Crippen LogP contribution in [0.1, 0.15) is 46.4 Å². The maximum atomic E-state index is 4.56. The Kier molecular flexibility index (Phi) is 4.73. The monoisotopic (exact) mass is 236 g/mol. The summed E-state index contributed by atoms with van der Waals surface area (Å²) in [6.45, 7) is 9.51. The first kappa shape index (κ1) is 13.7. The Labute approximate surface area is 104 Å². The molecule has 4 heteroatoms. The van der Waals surface area contributed by atoms with E-state index >= 15 is 0 Å². The summed E-state index contributed by atoms with van der Waals surface area (Å²) >= 11 is 0. The second-order valence-corrected chi connectivity index (χ2v) is 5.24. The molecular formula is C13H24N4. The van der Waals surface area contributed by atoms with Crippen LogP contribution in [0.5, 0.6) is 0 Å². The van der Waals surface area contributed by atoms with Crippen molar-refractivity contribution in [3.05, 3.63) is 11.9 Å². The van der Waals surface area contributed by atoms with Gasteiger partial charge in [-0.2, -0.15) is 0 Å². The van der Waals surface area contributed by atoms with Crippen LogP contribution in [0, 0.1) is 0 Å². The summed E-state index contributed by atoms with van der Waals surface area (Å²) in [7, 11) is 1.88. The number of anilines is 2. The summed E-state index contributed by atoms with van der Waals surface area (Å²) in [6.07, 6.45) is 2.34. The van der Waals surface area contributed by atoms with E-state index in [1.54, 1.807) is 0 Å². The van der Waals surface area contributed by atoms with Crippen LogP contribution in [0.4, 0.5) is 11.6 Å². The molecule has 0 amide bonds. The summed E-state index contributed by atoms with van der Waals surface area (Å²) in [5, 5.41) is 6.42. The van der Waals surface area contributed by atoms with Crippen LogP contribution in [0.15, 0.2) is 6.07 Å². The third kappa shape index (κ3) is 4.21. The molecule has 0 radical (unpaired) electrons. The van der Waals surface area contributed by atoms with Crippen molar-refractivity contribution in [3.63, 3.8) is 0 Å². The van der Waals surface area contributed by atoms with Gasteiger partial charge in [0, 0.05) is 25.1 Å². The Morgan fingerprint density at radius 2 is 1.82 bits per heavy atom. The fourth-order valence-electron chi connectivity index (χ4n) is 1.39. The van der Waals surface area contributed by atoms with Crippen LogP contribution < -0.4 is 10.6 Å². The molecule has 1 aromatic rings. The van der Waals surface area contributed by atoms with E-state index in [4.69, 9.17) is 0 Å². The van der Waals surface area contributed by atoms with Crippen LogP contribution in [-0.2, 0) is 5.41 Å². The number of hydrogen-bond acceptors (Lipinski definition) is 4. The maximum absolute atomic E-state index is 4.56. The average molecular weight is 236 g/mol. The van der Waals surface area contributed by atoms with Gasteiger partial charge in [-0.1, -0.05) is 34.1 Å². The van der Waals surface area contributed by atoms with Gasteiger partial charge in [0.25, 0.3) is 0 Å². The number of hydrogen-bond donors (Lipinski definition) is 2. The number of nitrogens with one attached hydrogen (secondary N) is 2. The standard InChI is InChI=1S/C13H24N4/c1-6-7-8-15-11-9-10(14-5)16-12(17-11)13(2,3)4/h9H,6-8H2,1-5H3,(H2,14,15,16,17). The zero-order valence-electron chi connectivity index (χ0n) is 11.6. The first-order chi connectivity index (χ1) is 7.97. The molecule has 0 aliphatic heterocycles. The summed E-state index contributed by atoms with van der Waals surface area (Å²) in [5.74, 6) is 2.63. The highest BCUT2D eigenvalue weighted by molar-refractivity contribution is 5.47. The second kappa shape index (κ2) is 5.84. The molecule has 0 unspecified atom stereocenters. The molecule has 0 fully saturated rings. The number of aromatic nitrogens is 2. The molecule has 0 aromatic carbocycles. The summed E-state index contributed by atoms with van der Waals surface area (Å²) in [5.41, 5.74) is -0.0337. The van der Waals surface area contributed by atoms with Crippen molar-refractivity contribution in [2.24, 2.45) is 0 Å². The largest absolute Gasteiger partial charge is 0.373 e. The van der Waals surface area contributed by atoms with Crippen molar-refractivity contribution < 1.29 is 0 Å². The van der Waals surface area contributed by atoms with Crippen molar-refractivity contribution in [1.29, 1.82) is 0 Å². The van der Waals surface area contributed by atoms with Gasteiger partial charge in [-0.25, -0.2) is 9.97 Å². The van der Waals surface area contributed by atoms with Crippen molar-refractivity contribution in [3.8, 4) is 0 Å². The highest BCUT2D eigenvalue weighted by atomic mass is 15.1. The van der Waals surface area contributed by atoms with Gasteiger partial charge in [0.05, 0.1) is 0 Å². The van der Waals surface area contributed by atoms with Gasteiger partial charge in [-0.05, 0) is 6.42 Å². The molecule has 4 nitrogen and oxygen atoms in total. The van der Waals surface area contributed by atoms with Gasteiger partial charge in [-0.15, -0.1) is 0 Å². The lowest BCUT2D eigenvalue weighted by Gasteiger charge is -2.18. The Hall–Kier alpha value is -1.32. The predicted molar refractivity (Wildman–Crippen MR) is 73.7 cm³/mol. The van der Waals surface area contributed by atoms with Crippen LogP contribution in [0.25, 0.3) is 0 Å². The average Bonchev–Trinajstić information content (AvgIpc) is 2.28. The van der Waals surface area contributed by atoms with Crippen LogP contribution in [0.3, 0.4) is 0 Å². The van der Waals surface area contributed by atoms with Gasteiger partial charge < -0.3 is 10.6 Å². The minimum atomic E-state index is -0.0337. The minimum absolute atomic E-state index is 0.0337. The SMILES string of the molecule is CCCCNc1cc(NC)nc(C(C)(C)C)n1. The normalized spacial score (nSPS) is 11.4. The van der Waals surface area contributed by atoms with E-state index in [-0.39, 0.29) is 5.41 Å². The molecule has 1 rings (SSSR count). The fourth-order valence-corrected chi connectivity index (χ4v) is 1.39. The maximum Gasteiger partial charge on any atom is 0.138 e. The number of rotatable bonds is 5. The second-order valence-electron chi connectivity index (χ2n) is 5.24. The van der Waals surface area contributed by atoms with Crippen LogP contribution in [0.2, 0.25) is 0 Å². The van der Waals surface area contributed by atoms with Gasteiger partial charge >= 0.3 is 0 Å². The van der Waals surface area contributed by atoms with Crippen LogP contribution in [-0.4, -0.2) is 23.6 Å². The zero-order valence-corrected chi connectivity index (χ0v) is 11.6. The van der Waals surface area contributed by atoms with Crippen molar-refractivity contribution in [2.75, 3.05) is 24.2 Å². The predicted octanol–water partition coefficient (Wildman–Crippen LogP) is 3.03. The smallest absolute Gasteiger partial charge is 0.138 e. The van der Waals surface area contributed by atoms with E-state index in [0.717, 1.165) is 30.4 Å². The van der Waals surface area contributed by atoms with E-state index < -0.39 is 0 Å². The summed E-state index contributed by atoms with van der Waals surface area (Å²) in [4.78, 5) is 9.05. The van der Waals surface area contributed by atoms with Gasteiger partial charge in [-0.3, -0.25) is 0 Å². The molecule has 0 bridgehead atoms. The third-order valence-corrected chi connectivity index (χ3v) is 2.49. The Morgan fingerprint density at radius 3 is 2.35 bits per heavy atom. The Bertz CT molecular complexity index is 355. The van der Waals surface area contributed by atoms with E-state index in [2.05, 4.69) is 48.3 Å². The molecule has 0 atom stereocenters. The molecule has 0 aliphatic rings. The first-order valence-corrected chi connectivity index (χ1v) is 6.28. The minimum Gasteiger partial charge on any atom is -0.373 e. The fraction of sp³-hybridized carbons (Fsp3) is 0.692. The van der Waals surface area contributed by atoms with Crippen molar-refractivity contribution >= 4 is 11.6 Å². The highest BCUT2D eigenvalue weighted by Gasteiger charge is 2.18. The molecule has 17 heavy (non-hydrogen) atoms. The lowest BCUT2D eigenvalue weighted by Crippen LogP contribution is -2.18. The van der Waals surface area contributed by atoms with Crippen molar-refractivity contribution in [2.45, 2.75) is 46.0 Å². The third-order valence-electron chi connectivity index (χ3n) is 2.49. The molecular weight excluding hydrogens is 212 g/mol. The molecule has 0 saturated heterocycles. The first-order valence-electron chi connectivity index (χ1n) is 6.28. The summed E-state index contributed by atoms with van der Waals surface area (Å²) < 4.78 is 0. The van der Waals surface area contributed by atoms with E-state index in [0.29, 0.717) is 0 Å². The molecule has 0 saturated carbocycles. The van der Waals surface area contributed by atoms with Gasteiger partial charge in [0.1, 0.15) is 17.5 Å². The van der Waals surface area contributed by atoms with Crippen molar-refractivity contribution in [1.82, 2.24) is 9.97 Å². The molecule has 1 aromatic heterocycles. The Morgan fingerprint density at radius 1 is 1.18 bits per heavy atom. The lowest BCUT2D eigenvalue weighted by molar-refractivity contribution is 0.546. The molecule has 2 N–H and O–H groups in total. The lowest BCUT2D eigenvalue weighted by atomic mass is 9.96. The van der Waals surface area contributed by atoms with E-state index in [9.17, 15) is 0 Å². The Balaban J connectivity index is 2.89. The molecule has 1 heterocycles. The van der Waals surface area contributed by atoms with Crippen LogP contribution >= 0.6 is 0 Å². The summed E-state index contributed by atoms with van der Waals surface area (Å²) in [6, 6.07) is 1.95. The zero-order chi connectivity index (χ0) is 12.9. The molecule has 0 spiro atoms. The molecule has 0 aliphatic carbocycles. The van der Waals surface area contributed by atoms with E-state index in [1.165, 1.54) is 6.42 Å². The number of unbranched alkanes of at least 4 members (excludes halogenated alkanes) is 1. The highest BCUT2D eigenvalue weighted by Crippen LogP contribution is 2.22. The number of nitrogens with zero attached hydrogens (tertiary/aromatic N) is 2. The topological polar surface area (TPSA) is 49.8 Å².